The second-order valence-electron chi connectivity index (χ2n) is 6.28. The Morgan fingerprint density at radius 1 is 1.00 bits per heavy atom. The minimum atomic E-state index is -3.74. The molecule has 0 unspecified atom stereocenters. The zero-order valence-corrected chi connectivity index (χ0v) is 17.5. The summed E-state index contributed by atoms with van der Waals surface area (Å²) in [5.41, 5.74) is 4.76. The van der Waals surface area contributed by atoms with Crippen LogP contribution in [0, 0.1) is 17.0 Å². The van der Waals surface area contributed by atoms with E-state index in [2.05, 4.69) is 10.9 Å². The maximum Gasteiger partial charge on any atom is 0.272 e. The van der Waals surface area contributed by atoms with E-state index in [1.165, 1.54) is 53.7 Å². The highest BCUT2D eigenvalue weighted by Crippen LogP contribution is 2.19. The number of hydrogen-bond donors (Lipinski definition) is 2. The summed E-state index contributed by atoms with van der Waals surface area (Å²) in [7, 11) is -3.74. The molecule has 0 bridgehead atoms. The summed E-state index contributed by atoms with van der Waals surface area (Å²) < 4.78 is 26.5. The lowest BCUT2D eigenvalue weighted by Gasteiger charge is -2.18. The van der Waals surface area contributed by atoms with E-state index in [-0.39, 0.29) is 21.7 Å². The Hall–Kier alpha value is -3.31. The molecule has 0 fully saturated rings. The van der Waals surface area contributed by atoms with Crippen LogP contribution in [0.15, 0.2) is 47.4 Å². The number of aryl methyl sites for hydroxylation is 1. The monoisotopic (exact) mass is 434 g/mol. The number of nitrogens with zero attached hydrogens (tertiary/aromatic N) is 2. The molecule has 2 N–H and O–H groups in total. The lowest BCUT2D eigenvalue weighted by atomic mass is 10.1. The number of hydrogen-bond acceptors (Lipinski definition) is 6. The molecule has 0 aliphatic carbocycles. The molecule has 2 aromatic carbocycles. The summed E-state index contributed by atoms with van der Waals surface area (Å²) in [6.07, 6.45) is 0. The highest BCUT2D eigenvalue weighted by atomic mass is 32.2. The maximum atomic E-state index is 12.6. The third-order valence-corrected chi connectivity index (χ3v) is 6.43. The van der Waals surface area contributed by atoms with Crippen molar-refractivity contribution in [1.29, 1.82) is 0 Å². The molecule has 0 aliphatic rings. The number of amides is 2. The fourth-order valence-electron chi connectivity index (χ4n) is 2.77. The van der Waals surface area contributed by atoms with E-state index in [0.717, 1.165) is 0 Å². The number of carbonyl (C=O) groups excluding carboxylic acids is 2. The van der Waals surface area contributed by atoms with E-state index < -0.39 is 26.8 Å². The van der Waals surface area contributed by atoms with Crippen molar-refractivity contribution in [1.82, 2.24) is 15.2 Å². The van der Waals surface area contributed by atoms with E-state index >= 15 is 0 Å². The molecule has 0 aromatic heterocycles. The number of rotatable bonds is 7. The van der Waals surface area contributed by atoms with Crippen LogP contribution in [0.4, 0.5) is 5.69 Å². The molecule has 11 heteroatoms. The average Bonchev–Trinajstić information content (AvgIpc) is 2.72. The predicted octanol–water partition coefficient (Wildman–Crippen LogP) is 2.01. The van der Waals surface area contributed by atoms with Gasteiger partial charge in [0.1, 0.15) is 0 Å². The molecule has 0 saturated carbocycles. The normalized spacial score (nSPS) is 11.2. The first-order valence-electron chi connectivity index (χ1n) is 9.07. The van der Waals surface area contributed by atoms with Gasteiger partial charge in [0, 0.05) is 35.8 Å². The van der Waals surface area contributed by atoms with E-state index in [0.29, 0.717) is 18.7 Å². The lowest BCUT2D eigenvalue weighted by Crippen LogP contribution is -2.41. The molecule has 0 radical (unpaired) electrons. The van der Waals surface area contributed by atoms with Crippen LogP contribution in [-0.2, 0) is 10.0 Å². The second-order valence-corrected chi connectivity index (χ2v) is 8.22. The Balaban J connectivity index is 2.13. The van der Waals surface area contributed by atoms with Gasteiger partial charge in [0.05, 0.1) is 9.82 Å². The number of nitrogens with one attached hydrogen (secondary N) is 2. The summed E-state index contributed by atoms with van der Waals surface area (Å²) in [5, 5.41) is 10.9. The molecule has 2 rings (SSSR count). The number of nitro groups is 1. The first-order chi connectivity index (χ1) is 14.1. The molecule has 0 aliphatic heterocycles. The van der Waals surface area contributed by atoms with Crippen LogP contribution in [0.3, 0.4) is 0 Å². The van der Waals surface area contributed by atoms with E-state index in [1.807, 2.05) is 0 Å². The Morgan fingerprint density at radius 2 is 1.57 bits per heavy atom. The topological polar surface area (TPSA) is 139 Å². The number of sulfonamides is 1. The predicted molar refractivity (Wildman–Crippen MR) is 109 cm³/mol. The van der Waals surface area contributed by atoms with Crippen molar-refractivity contribution in [2.45, 2.75) is 25.7 Å². The zero-order chi connectivity index (χ0) is 22.5. The molecule has 2 amide bonds. The van der Waals surface area contributed by atoms with E-state index in [1.54, 1.807) is 13.8 Å². The van der Waals surface area contributed by atoms with Crippen molar-refractivity contribution in [3.8, 4) is 0 Å². The SMILES string of the molecule is CCN(CC)S(=O)(=O)c1cccc(C(=O)NNC(=O)c2ccc([N+](=O)[O-])c(C)c2)c1. The van der Waals surface area contributed by atoms with Gasteiger partial charge in [0.15, 0.2) is 0 Å². The molecule has 0 atom stereocenters. The summed E-state index contributed by atoms with van der Waals surface area (Å²) >= 11 is 0. The van der Waals surface area contributed by atoms with Crippen LogP contribution in [0.25, 0.3) is 0 Å². The first-order valence-corrected chi connectivity index (χ1v) is 10.5. The van der Waals surface area contributed by atoms with Crippen LogP contribution in [0.1, 0.15) is 40.1 Å². The highest BCUT2D eigenvalue weighted by Gasteiger charge is 2.22. The number of nitro benzene ring substituents is 1. The van der Waals surface area contributed by atoms with Crippen LogP contribution >= 0.6 is 0 Å². The van der Waals surface area contributed by atoms with Crippen molar-refractivity contribution in [2.24, 2.45) is 0 Å². The molecule has 0 saturated heterocycles. The number of carbonyl (C=O) groups is 2. The van der Waals surface area contributed by atoms with Crippen LogP contribution in [-0.4, -0.2) is 42.6 Å². The van der Waals surface area contributed by atoms with E-state index in [9.17, 15) is 28.1 Å². The van der Waals surface area contributed by atoms with Crippen molar-refractivity contribution < 1.29 is 22.9 Å². The van der Waals surface area contributed by atoms with Gasteiger partial charge >= 0.3 is 0 Å². The molecule has 30 heavy (non-hydrogen) atoms. The third kappa shape index (κ3) is 4.99. The summed E-state index contributed by atoms with van der Waals surface area (Å²) in [5.74, 6) is -1.38. The standard InChI is InChI=1S/C19H22N4O6S/c1-4-22(5-2)30(28,29)16-8-6-7-14(12-16)18(24)20-21-19(25)15-9-10-17(23(26)27)13(3)11-15/h6-12H,4-5H2,1-3H3,(H,20,24)(H,21,25). The lowest BCUT2D eigenvalue weighted by molar-refractivity contribution is -0.385. The van der Waals surface area contributed by atoms with Crippen LogP contribution < -0.4 is 10.9 Å². The molecule has 2 aromatic rings. The molecular formula is C19H22N4O6S. The minimum Gasteiger partial charge on any atom is -0.267 e. The molecule has 10 nitrogen and oxygen atoms in total. The van der Waals surface area contributed by atoms with Crippen molar-refractivity contribution >= 4 is 27.5 Å². The Labute approximate surface area is 174 Å². The van der Waals surface area contributed by atoms with Gasteiger partial charge in [-0.25, -0.2) is 8.42 Å². The molecule has 0 spiro atoms. The largest absolute Gasteiger partial charge is 0.272 e. The van der Waals surface area contributed by atoms with Crippen LogP contribution in [0.2, 0.25) is 0 Å². The van der Waals surface area contributed by atoms with Crippen molar-refractivity contribution in [3.63, 3.8) is 0 Å². The maximum absolute atomic E-state index is 12.6. The van der Waals surface area contributed by atoms with Gasteiger partial charge in [-0.3, -0.25) is 30.6 Å². The highest BCUT2D eigenvalue weighted by molar-refractivity contribution is 7.89. The van der Waals surface area contributed by atoms with Crippen molar-refractivity contribution in [2.75, 3.05) is 13.1 Å². The van der Waals surface area contributed by atoms with Gasteiger partial charge in [-0.2, -0.15) is 4.31 Å². The van der Waals surface area contributed by atoms with Gasteiger partial charge in [-0.1, -0.05) is 19.9 Å². The van der Waals surface area contributed by atoms with Gasteiger partial charge in [0.25, 0.3) is 17.5 Å². The molecule has 0 heterocycles. The zero-order valence-electron chi connectivity index (χ0n) is 16.7. The summed E-state index contributed by atoms with van der Waals surface area (Å²) in [4.78, 5) is 34.8. The number of benzene rings is 2. The van der Waals surface area contributed by atoms with Crippen LogP contribution in [0.5, 0.6) is 0 Å². The number of hydrazine groups is 1. The fourth-order valence-corrected chi connectivity index (χ4v) is 4.27. The second kappa shape index (κ2) is 9.46. The minimum absolute atomic E-state index is 0.0313. The van der Waals surface area contributed by atoms with Gasteiger partial charge in [-0.15, -0.1) is 0 Å². The average molecular weight is 434 g/mol. The smallest absolute Gasteiger partial charge is 0.267 e. The molecular weight excluding hydrogens is 412 g/mol. The Kier molecular flexibility index (Phi) is 7.24. The third-order valence-electron chi connectivity index (χ3n) is 4.38. The quantitative estimate of drug-likeness (QED) is 0.505. The van der Waals surface area contributed by atoms with Gasteiger partial charge in [-0.05, 0) is 37.3 Å². The van der Waals surface area contributed by atoms with Crippen molar-refractivity contribution in [3.05, 3.63) is 69.3 Å². The Morgan fingerprint density at radius 3 is 2.07 bits per heavy atom. The van der Waals surface area contributed by atoms with Gasteiger partial charge < -0.3 is 0 Å². The summed E-state index contributed by atoms with van der Waals surface area (Å²) in [6.45, 7) is 5.51. The summed E-state index contributed by atoms with van der Waals surface area (Å²) in [6, 6.07) is 9.27. The Bertz CT molecular complexity index is 1080. The fraction of sp³-hybridized carbons (Fsp3) is 0.263. The van der Waals surface area contributed by atoms with Gasteiger partial charge in [0.2, 0.25) is 10.0 Å². The van der Waals surface area contributed by atoms with E-state index in [4.69, 9.17) is 0 Å². The first kappa shape index (κ1) is 23.0. The molecule has 160 valence electrons.